The summed E-state index contributed by atoms with van der Waals surface area (Å²) >= 11 is 0. The van der Waals surface area contributed by atoms with Crippen LogP contribution in [0, 0.1) is 6.92 Å². The number of hydrogen-bond acceptors (Lipinski definition) is 4. The summed E-state index contributed by atoms with van der Waals surface area (Å²) in [6.07, 6.45) is 0.688. The highest BCUT2D eigenvalue weighted by Gasteiger charge is 2.15. The first-order chi connectivity index (χ1) is 9.69. The average Bonchev–Trinajstić information content (AvgIpc) is 2.49. The number of aryl methyl sites for hydroxylation is 1. The minimum atomic E-state index is -0.0956. The molecule has 20 heavy (non-hydrogen) atoms. The average molecular weight is 272 g/mol. The van der Waals surface area contributed by atoms with Crippen molar-refractivity contribution >= 4 is 0 Å². The molecule has 1 N–H and O–H groups in total. The molecule has 0 spiro atoms. The Labute approximate surface area is 116 Å². The molecule has 0 amide bonds. The fraction of sp³-hybridized carbons (Fsp3) is 0.333. The van der Waals surface area contributed by atoms with Crippen molar-refractivity contribution in [3.05, 3.63) is 39.9 Å². The van der Waals surface area contributed by atoms with Gasteiger partial charge in [-0.05, 0) is 25.1 Å². The van der Waals surface area contributed by atoms with Crippen molar-refractivity contribution in [3.8, 4) is 22.8 Å². The van der Waals surface area contributed by atoms with Gasteiger partial charge in [0.1, 0.15) is 19.0 Å². The van der Waals surface area contributed by atoms with Crippen molar-refractivity contribution < 1.29 is 9.47 Å². The highest BCUT2D eigenvalue weighted by atomic mass is 16.6. The molecule has 0 saturated heterocycles. The third-order valence-corrected chi connectivity index (χ3v) is 3.35. The van der Waals surface area contributed by atoms with Gasteiger partial charge in [-0.15, -0.1) is 0 Å². The summed E-state index contributed by atoms with van der Waals surface area (Å²) < 4.78 is 11.1. The van der Waals surface area contributed by atoms with E-state index < -0.39 is 0 Å². The molecule has 5 nitrogen and oxygen atoms in total. The first-order valence-electron chi connectivity index (χ1n) is 6.69. The van der Waals surface area contributed by atoms with Crippen molar-refractivity contribution in [1.82, 2.24) is 9.97 Å². The van der Waals surface area contributed by atoms with Gasteiger partial charge < -0.3 is 14.5 Å². The highest BCUT2D eigenvalue weighted by Crippen LogP contribution is 2.34. The minimum absolute atomic E-state index is 0.0956. The van der Waals surface area contributed by atoms with E-state index in [1.54, 1.807) is 6.92 Å². The largest absolute Gasteiger partial charge is 0.486 e. The Morgan fingerprint density at radius 3 is 2.75 bits per heavy atom. The number of H-pyrrole nitrogens is 1. The summed E-state index contributed by atoms with van der Waals surface area (Å²) in [6, 6.07) is 5.64. The van der Waals surface area contributed by atoms with Gasteiger partial charge in [0.05, 0.1) is 5.69 Å². The zero-order valence-electron chi connectivity index (χ0n) is 11.5. The van der Waals surface area contributed by atoms with E-state index >= 15 is 0 Å². The van der Waals surface area contributed by atoms with Crippen LogP contribution in [-0.4, -0.2) is 23.2 Å². The first kappa shape index (κ1) is 12.7. The van der Waals surface area contributed by atoms with Gasteiger partial charge >= 0.3 is 0 Å². The quantitative estimate of drug-likeness (QED) is 0.909. The van der Waals surface area contributed by atoms with Crippen LogP contribution in [0.1, 0.15) is 18.3 Å². The van der Waals surface area contributed by atoms with E-state index in [9.17, 15) is 4.79 Å². The van der Waals surface area contributed by atoms with Crippen LogP contribution >= 0.6 is 0 Å². The second kappa shape index (κ2) is 5.00. The smallest absolute Gasteiger partial charge is 0.254 e. The van der Waals surface area contributed by atoms with Gasteiger partial charge in [-0.2, -0.15) is 0 Å². The van der Waals surface area contributed by atoms with Gasteiger partial charge in [0.25, 0.3) is 5.56 Å². The van der Waals surface area contributed by atoms with Gasteiger partial charge in [0, 0.05) is 17.5 Å². The minimum Gasteiger partial charge on any atom is -0.486 e. The van der Waals surface area contributed by atoms with Gasteiger partial charge in [0.2, 0.25) is 0 Å². The Morgan fingerprint density at radius 2 is 2.00 bits per heavy atom. The van der Waals surface area contributed by atoms with E-state index in [4.69, 9.17) is 9.47 Å². The second-order valence-corrected chi connectivity index (χ2v) is 4.70. The molecule has 0 aliphatic carbocycles. The van der Waals surface area contributed by atoms with Crippen LogP contribution in [0.4, 0.5) is 0 Å². The Morgan fingerprint density at radius 1 is 1.25 bits per heavy atom. The number of nitrogens with zero attached hydrogens (tertiary/aromatic N) is 1. The Bertz CT molecular complexity index is 707. The lowest BCUT2D eigenvalue weighted by molar-refractivity contribution is 0.171. The zero-order valence-corrected chi connectivity index (χ0v) is 11.5. The monoisotopic (exact) mass is 272 g/mol. The van der Waals surface area contributed by atoms with Crippen molar-refractivity contribution in [2.24, 2.45) is 0 Å². The standard InChI is InChI=1S/C15H16N2O3/c1-3-13-16-14(9(2)15(18)17-13)10-4-5-11-12(8-10)20-7-6-19-11/h4-5,8H,3,6-7H2,1-2H3,(H,16,17,18). The van der Waals surface area contributed by atoms with E-state index in [0.29, 0.717) is 42.5 Å². The summed E-state index contributed by atoms with van der Waals surface area (Å²) in [7, 11) is 0. The maximum Gasteiger partial charge on any atom is 0.254 e. The number of benzene rings is 1. The van der Waals surface area contributed by atoms with E-state index in [0.717, 1.165) is 11.3 Å². The molecule has 2 heterocycles. The zero-order chi connectivity index (χ0) is 14.1. The summed E-state index contributed by atoms with van der Waals surface area (Å²) in [5.74, 6) is 2.12. The topological polar surface area (TPSA) is 64.2 Å². The van der Waals surface area contributed by atoms with Crippen LogP contribution in [0.3, 0.4) is 0 Å². The Kier molecular flexibility index (Phi) is 3.18. The molecule has 0 atom stereocenters. The molecule has 0 unspecified atom stereocenters. The third-order valence-electron chi connectivity index (χ3n) is 3.35. The lowest BCUT2D eigenvalue weighted by Crippen LogP contribution is -2.17. The number of hydrogen-bond donors (Lipinski definition) is 1. The summed E-state index contributed by atoms with van der Waals surface area (Å²) in [5.41, 5.74) is 2.08. The molecule has 1 aromatic heterocycles. The number of aromatic amines is 1. The van der Waals surface area contributed by atoms with Crippen LogP contribution in [0.2, 0.25) is 0 Å². The van der Waals surface area contributed by atoms with Crippen LogP contribution in [0.25, 0.3) is 11.3 Å². The summed E-state index contributed by atoms with van der Waals surface area (Å²) in [5, 5.41) is 0. The van der Waals surface area contributed by atoms with E-state index in [2.05, 4.69) is 9.97 Å². The van der Waals surface area contributed by atoms with E-state index in [1.807, 2.05) is 25.1 Å². The maximum absolute atomic E-state index is 11.9. The van der Waals surface area contributed by atoms with Gasteiger partial charge in [-0.3, -0.25) is 4.79 Å². The molecule has 3 rings (SSSR count). The molecular weight excluding hydrogens is 256 g/mol. The van der Waals surface area contributed by atoms with Crippen LogP contribution < -0.4 is 15.0 Å². The van der Waals surface area contributed by atoms with Crippen molar-refractivity contribution in [1.29, 1.82) is 0 Å². The molecule has 5 heteroatoms. The molecule has 0 saturated carbocycles. The van der Waals surface area contributed by atoms with Gasteiger partial charge in [0.15, 0.2) is 11.5 Å². The van der Waals surface area contributed by atoms with E-state index in [1.165, 1.54) is 0 Å². The van der Waals surface area contributed by atoms with Crippen LogP contribution in [0.15, 0.2) is 23.0 Å². The lowest BCUT2D eigenvalue weighted by atomic mass is 10.1. The SMILES string of the molecule is CCc1nc(-c2ccc3c(c2)OCCO3)c(C)c(=O)[nH]1. The van der Waals surface area contributed by atoms with Crippen molar-refractivity contribution in [3.63, 3.8) is 0 Å². The van der Waals surface area contributed by atoms with Crippen molar-refractivity contribution in [2.75, 3.05) is 13.2 Å². The maximum atomic E-state index is 11.9. The number of ether oxygens (including phenoxy) is 2. The molecule has 0 bridgehead atoms. The molecule has 0 radical (unpaired) electrons. The number of rotatable bonds is 2. The van der Waals surface area contributed by atoms with E-state index in [-0.39, 0.29) is 5.56 Å². The molecule has 1 aromatic carbocycles. The van der Waals surface area contributed by atoms with Crippen LogP contribution in [0.5, 0.6) is 11.5 Å². The van der Waals surface area contributed by atoms with Crippen molar-refractivity contribution in [2.45, 2.75) is 20.3 Å². The molecular formula is C15H16N2O3. The Balaban J connectivity index is 2.13. The fourth-order valence-corrected chi connectivity index (χ4v) is 2.22. The predicted octanol–water partition coefficient (Wildman–Crippen LogP) is 2.08. The Hall–Kier alpha value is -2.30. The molecule has 0 fully saturated rings. The lowest BCUT2D eigenvalue weighted by Gasteiger charge is -2.19. The molecule has 1 aliphatic heterocycles. The summed E-state index contributed by atoms with van der Waals surface area (Å²) in [6.45, 7) is 4.84. The van der Waals surface area contributed by atoms with Crippen LogP contribution in [-0.2, 0) is 6.42 Å². The normalized spacial score (nSPS) is 13.3. The number of aromatic nitrogens is 2. The first-order valence-corrected chi connectivity index (χ1v) is 6.69. The van der Waals surface area contributed by atoms with Gasteiger partial charge in [-0.25, -0.2) is 4.98 Å². The molecule has 104 valence electrons. The molecule has 1 aliphatic rings. The van der Waals surface area contributed by atoms with Gasteiger partial charge in [-0.1, -0.05) is 6.92 Å². The number of fused-ring (bicyclic) bond motifs is 1. The number of nitrogens with one attached hydrogen (secondary N) is 1. The predicted molar refractivity (Wildman–Crippen MR) is 75.4 cm³/mol. The second-order valence-electron chi connectivity index (χ2n) is 4.70. The fourth-order valence-electron chi connectivity index (χ4n) is 2.22. The molecule has 2 aromatic rings. The third kappa shape index (κ3) is 2.15. The summed E-state index contributed by atoms with van der Waals surface area (Å²) in [4.78, 5) is 19.2. The highest BCUT2D eigenvalue weighted by molar-refractivity contribution is 5.66.